The van der Waals surface area contributed by atoms with E-state index in [1.54, 1.807) is 7.11 Å². The van der Waals surface area contributed by atoms with E-state index in [1.165, 1.54) is 6.42 Å². The summed E-state index contributed by atoms with van der Waals surface area (Å²) < 4.78 is 12.7. The summed E-state index contributed by atoms with van der Waals surface area (Å²) in [4.78, 5) is 11.1. The van der Waals surface area contributed by atoms with E-state index in [0.29, 0.717) is 24.8 Å². The van der Waals surface area contributed by atoms with Gasteiger partial charge in [-0.3, -0.25) is 4.79 Å². The molecular formula is C17H21N3O3. The number of benzene rings is 1. The lowest BCUT2D eigenvalue weighted by atomic mass is 9.82. The highest BCUT2D eigenvalue weighted by Crippen LogP contribution is 2.37. The second-order valence-electron chi connectivity index (χ2n) is 5.71. The van der Waals surface area contributed by atoms with E-state index >= 15 is 0 Å². The Morgan fingerprint density at radius 1 is 1.26 bits per heavy atom. The molecule has 6 heteroatoms. The Morgan fingerprint density at radius 2 is 2.00 bits per heavy atom. The van der Waals surface area contributed by atoms with Crippen molar-refractivity contribution in [3.8, 4) is 11.5 Å². The second kappa shape index (κ2) is 7.26. The fourth-order valence-corrected chi connectivity index (χ4v) is 2.76. The number of methoxy groups -OCH3 is 1. The molecule has 1 fully saturated rings. The van der Waals surface area contributed by atoms with Crippen molar-refractivity contribution < 1.29 is 14.3 Å². The predicted octanol–water partition coefficient (Wildman–Crippen LogP) is 2.84. The maximum Gasteiger partial charge on any atom is 0.172 e. The largest absolute Gasteiger partial charge is 0.497 e. The molecule has 1 aliphatic carbocycles. The van der Waals surface area contributed by atoms with Crippen molar-refractivity contribution in [2.24, 2.45) is 0 Å². The molecule has 122 valence electrons. The lowest BCUT2D eigenvalue weighted by molar-refractivity contribution is 0.111. The van der Waals surface area contributed by atoms with Crippen LogP contribution in [-0.2, 0) is 6.54 Å². The van der Waals surface area contributed by atoms with Crippen molar-refractivity contribution in [2.75, 3.05) is 13.7 Å². The predicted molar refractivity (Wildman–Crippen MR) is 85.1 cm³/mol. The van der Waals surface area contributed by atoms with Crippen molar-refractivity contribution >= 4 is 6.29 Å². The van der Waals surface area contributed by atoms with Gasteiger partial charge in [-0.2, -0.15) is 0 Å². The third-order valence-corrected chi connectivity index (χ3v) is 4.25. The van der Waals surface area contributed by atoms with E-state index < -0.39 is 0 Å². The van der Waals surface area contributed by atoms with Gasteiger partial charge in [0.2, 0.25) is 0 Å². The molecule has 1 saturated carbocycles. The molecule has 0 bridgehead atoms. The minimum atomic E-state index is 0.438. The summed E-state index contributed by atoms with van der Waals surface area (Å²) in [6, 6.07) is 7.52. The van der Waals surface area contributed by atoms with Crippen LogP contribution in [0.4, 0.5) is 0 Å². The van der Waals surface area contributed by atoms with Gasteiger partial charge in [-0.1, -0.05) is 11.6 Å². The van der Waals surface area contributed by atoms with Crippen LogP contribution < -0.4 is 9.47 Å². The van der Waals surface area contributed by atoms with Gasteiger partial charge >= 0.3 is 0 Å². The first-order valence-corrected chi connectivity index (χ1v) is 7.97. The first-order valence-electron chi connectivity index (χ1n) is 7.97. The average molecular weight is 315 g/mol. The Bertz CT molecular complexity index is 648. The monoisotopic (exact) mass is 315 g/mol. The van der Waals surface area contributed by atoms with Gasteiger partial charge in [-0.25, -0.2) is 4.68 Å². The lowest BCUT2D eigenvalue weighted by Crippen LogP contribution is -2.17. The summed E-state index contributed by atoms with van der Waals surface area (Å²) in [5.41, 5.74) is 1.49. The van der Waals surface area contributed by atoms with E-state index in [4.69, 9.17) is 9.47 Å². The van der Waals surface area contributed by atoms with Crippen molar-refractivity contribution in [3.63, 3.8) is 0 Å². The number of ether oxygens (including phenoxy) is 2. The number of aromatic nitrogens is 3. The molecule has 0 N–H and O–H groups in total. The average Bonchev–Trinajstić information content (AvgIpc) is 2.93. The van der Waals surface area contributed by atoms with Crippen molar-refractivity contribution in [3.05, 3.63) is 35.7 Å². The van der Waals surface area contributed by atoms with E-state index in [1.807, 2.05) is 28.9 Å². The van der Waals surface area contributed by atoms with Crippen LogP contribution in [0.3, 0.4) is 0 Å². The standard InChI is InChI=1S/C17H21N3O3/c1-22-14-6-8-15(9-7-14)23-11-3-10-20-17(13-4-2-5-13)16(12-21)18-19-20/h6-9,12-13H,2-5,10-11H2,1H3. The zero-order valence-electron chi connectivity index (χ0n) is 13.3. The highest BCUT2D eigenvalue weighted by Gasteiger charge is 2.27. The number of aryl methyl sites for hydroxylation is 1. The van der Waals surface area contributed by atoms with Gasteiger partial charge in [0, 0.05) is 18.9 Å². The number of hydrogen-bond acceptors (Lipinski definition) is 5. The fourth-order valence-electron chi connectivity index (χ4n) is 2.76. The van der Waals surface area contributed by atoms with Crippen LogP contribution >= 0.6 is 0 Å². The zero-order chi connectivity index (χ0) is 16.1. The summed E-state index contributed by atoms with van der Waals surface area (Å²) in [5.74, 6) is 2.07. The summed E-state index contributed by atoms with van der Waals surface area (Å²) in [5, 5.41) is 8.10. The third-order valence-electron chi connectivity index (χ3n) is 4.25. The van der Waals surface area contributed by atoms with Gasteiger partial charge in [-0.15, -0.1) is 5.10 Å². The number of carbonyl (C=O) groups is 1. The highest BCUT2D eigenvalue weighted by molar-refractivity contribution is 5.73. The molecule has 0 aliphatic heterocycles. The molecule has 0 radical (unpaired) electrons. The smallest absolute Gasteiger partial charge is 0.172 e. The van der Waals surface area contributed by atoms with Crippen LogP contribution in [0.15, 0.2) is 24.3 Å². The SMILES string of the molecule is COc1ccc(OCCCn2nnc(C=O)c2C2CCC2)cc1. The van der Waals surface area contributed by atoms with Crippen LogP contribution in [0, 0.1) is 0 Å². The Morgan fingerprint density at radius 3 is 2.61 bits per heavy atom. The highest BCUT2D eigenvalue weighted by atomic mass is 16.5. The number of carbonyl (C=O) groups excluding carboxylic acids is 1. The molecule has 0 atom stereocenters. The van der Waals surface area contributed by atoms with Crippen LogP contribution in [0.1, 0.15) is 47.8 Å². The van der Waals surface area contributed by atoms with E-state index in [-0.39, 0.29) is 0 Å². The number of rotatable bonds is 8. The summed E-state index contributed by atoms with van der Waals surface area (Å²) in [6.07, 6.45) is 5.08. The molecule has 23 heavy (non-hydrogen) atoms. The van der Waals surface area contributed by atoms with Gasteiger partial charge in [0.05, 0.1) is 19.4 Å². The van der Waals surface area contributed by atoms with Gasteiger partial charge in [0.25, 0.3) is 0 Å². The van der Waals surface area contributed by atoms with Crippen LogP contribution in [0.5, 0.6) is 11.5 Å². The molecule has 0 spiro atoms. The number of nitrogens with zero attached hydrogens (tertiary/aromatic N) is 3. The van der Waals surface area contributed by atoms with Crippen LogP contribution in [0.25, 0.3) is 0 Å². The summed E-state index contributed by atoms with van der Waals surface area (Å²) >= 11 is 0. The van der Waals surface area contributed by atoms with E-state index in [0.717, 1.165) is 42.7 Å². The Balaban J connectivity index is 1.52. The molecule has 3 rings (SSSR count). The summed E-state index contributed by atoms with van der Waals surface area (Å²) in [7, 11) is 1.64. The molecule has 0 saturated heterocycles. The lowest BCUT2D eigenvalue weighted by Gasteiger charge is -2.26. The quantitative estimate of drug-likeness (QED) is 0.553. The third kappa shape index (κ3) is 3.52. The Hall–Kier alpha value is -2.37. The number of hydrogen-bond donors (Lipinski definition) is 0. The first kappa shape index (κ1) is 15.5. The first-order chi connectivity index (χ1) is 11.3. The van der Waals surface area contributed by atoms with Crippen molar-refractivity contribution in [1.82, 2.24) is 15.0 Å². The molecule has 1 aromatic heterocycles. The Kier molecular flexibility index (Phi) is 4.90. The van der Waals surface area contributed by atoms with Gasteiger partial charge in [-0.05, 0) is 37.1 Å². The normalized spacial score (nSPS) is 14.3. The van der Waals surface area contributed by atoms with E-state index in [9.17, 15) is 4.79 Å². The van der Waals surface area contributed by atoms with E-state index in [2.05, 4.69) is 10.3 Å². The molecular weight excluding hydrogens is 294 g/mol. The zero-order valence-corrected chi connectivity index (χ0v) is 13.3. The fraction of sp³-hybridized carbons (Fsp3) is 0.471. The van der Waals surface area contributed by atoms with Gasteiger partial charge < -0.3 is 9.47 Å². The molecule has 1 heterocycles. The molecule has 1 aromatic carbocycles. The molecule has 6 nitrogen and oxygen atoms in total. The maximum absolute atomic E-state index is 11.1. The molecule has 0 amide bonds. The maximum atomic E-state index is 11.1. The van der Waals surface area contributed by atoms with Crippen LogP contribution in [-0.4, -0.2) is 35.0 Å². The molecule has 1 aliphatic rings. The second-order valence-corrected chi connectivity index (χ2v) is 5.71. The summed E-state index contributed by atoms with van der Waals surface area (Å²) in [6.45, 7) is 1.30. The van der Waals surface area contributed by atoms with Crippen LogP contribution in [0.2, 0.25) is 0 Å². The van der Waals surface area contributed by atoms with Crippen molar-refractivity contribution in [2.45, 2.75) is 38.1 Å². The van der Waals surface area contributed by atoms with Gasteiger partial charge in [0.15, 0.2) is 6.29 Å². The minimum absolute atomic E-state index is 0.438. The Labute approximate surface area is 135 Å². The van der Waals surface area contributed by atoms with Crippen molar-refractivity contribution in [1.29, 1.82) is 0 Å². The van der Waals surface area contributed by atoms with Gasteiger partial charge in [0.1, 0.15) is 17.2 Å². The molecule has 0 unspecified atom stereocenters. The minimum Gasteiger partial charge on any atom is -0.497 e. The topological polar surface area (TPSA) is 66.2 Å². The molecule has 2 aromatic rings. The number of aldehydes is 1.